The lowest BCUT2D eigenvalue weighted by Gasteiger charge is -2.26. The lowest BCUT2D eigenvalue weighted by Crippen LogP contribution is -2.23. The Labute approximate surface area is 96.1 Å². The van der Waals surface area contributed by atoms with Crippen LogP contribution in [0.25, 0.3) is 0 Å². The summed E-state index contributed by atoms with van der Waals surface area (Å²) in [6.07, 6.45) is 5.71. The molecule has 3 heteroatoms. The maximum atomic E-state index is 4.29. The van der Waals surface area contributed by atoms with E-state index in [2.05, 4.69) is 24.1 Å². The highest BCUT2D eigenvalue weighted by molar-refractivity contribution is 7.09. The van der Waals surface area contributed by atoms with Crippen LogP contribution >= 0.6 is 11.3 Å². The first-order valence-electron chi connectivity index (χ1n) is 5.90. The second-order valence-corrected chi connectivity index (χ2v) is 5.45. The topological polar surface area (TPSA) is 24.9 Å². The molecule has 1 aliphatic carbocycles. The normalized spacial score (nSPS) is 18.8. The van der Waals surface area contributed by atoms with Crippen molar-refractivity contribution in [2.24, 2.45) is 5.92 Å². The van der Waals surface area contributed by atoms with Crippen LogP contribution in [0.2, 0.25) is 0 Å². The van der Waals surface area contributed by atoms with Crippen molar-refractivity contribution in [2.45, 2.75) is 45.6 Å². The first-order valence-corrected chi connectivity index (χ1v) is 6.78. The summed E-state index contributed by atoms with van der Waals surface area (Å²) in [5.74, 6) is 1.01. The summed E-state index contributed by atoms with van der Waals surface area (Å²) in [5, 5.41) is 3.60. The van der Waals surface area contributed by atoms with Crippen molar-refractivity contribution in [3.63, 3.8) is 0 Å². The van der Waals surface area contributed by atoms with E-state index in [1.54, 1.807) is 11.3 Å². The number of nitrogens with zero attached hydrogens (tertiary/aromatic N) is 1. The van der Waals surface area contributed by atoms with Gasteiger partial charge >= 0.3 is 0 Å². The molecular weight excluding hydrogens is 204 g/mol. The molecule has 1 aromatic heterocycles. The number of nitrogens with one attached hydrogen (secondary N) is 1. The van der Waals surface area contributed by atoms with Gasteiger partial charge in [0.1, 0.15) is 0 Å². The number of aryl methyl sites for hydroxylation is 1. The number of aromatic nitrogens is 1. The van der Waals surface area contributed by atoms with Gasteiger partial charge in [0.2, 0.25) is 0 Å². The van der Waals surface area contributed by atoms with Crippen LogP contribution in [0.5, 0.6) is 0 Å². The van der Waals surface area contributed by atoms with Gasteiger partial charge in [-0.15, -0.1) is 11.3 Å². The molecule has 1 heterocycles. The Morgan fingerprint density at radius 3 is 2.93 bits per heavy atom. The molecule has 0 bridgehead atoms. The average molecular weight is 224 g/mol. The summed E-state index contributed by atoms with van der Waals surface area (Å²) < 4.78 is 0. The van der Waals surface area contributed by atoms with Crippen LogP contribution in [0.15, 0.2) is 5.51 Å². The molecule has 1 aliphatic rings. The number of thiazole rings is 1. The molecule has 84 valence electrons. The fourth-order valence-electron chi connectivity index (χ4n) is 2.10. The smallest absolute Gasteiger partial charge is 0.0798 e. The lowest BCUT2D eigenvalue weighted by atomic mass is 9.83. The number of rotatable bonds is 5. The third-order valence-electron chi connectivity index (χ3n) is 3.40. The van der Waals surface area contributed by atoms with E-state index < -0.39 is 0 Å². The van der Waals surface area contributed by atoms with E-state index in [4.69, 9.17) is 0 Å². The maximum Gasteiger partial charge on any atom is 0.0798 e. The Bertz CT molecular complexity index is 304. The second-order valence-electron chi connectivity index (χ2n) is 4.56. The van der Waals surface area contributed by atoms with Crippen molar-refractivity contribution in [3.8, 4) is 0 Å². The minimum Gasteiger partial charge on any atom is -0.309 e. The molecule has 0 aliphatic heterocycles. The highest BCUT2D eigenvalue weighted by Crippen LogP contribution is 2.29. The SMILES string of the molecule is Cc1ncsc1C(C)NCCC1CCC1. The maximum absolute atomic E-state index is 4.29. The first kappa shape index (κ1) is 11.1. The Morgan fingerprint density at radius 1 is 1.60 bits per heavy atom. The molecule has 1 N–H and O–H groups in total. The van der Waals surface area contributed by atoms with Crippen LogP contribution in [0.3, 0.4) is 0 Å². The van der Waals surface area contributed by atoms with E-state index in [0.29, 0.717) is 6.04 Å². The van der Waals surface area contributed by atoms with Crippen molar-refractivity contribution >= 4 is 11.3 Å². The van der Waals surface area contributed by atoms with E-state index in [-0.39, 0.29) is 0 Å². The standard InChI is InChI=1S/C12H20N2S/c1-9(12-10(2)14-8-15-12)13-7-6-11-4-3-5-11/h8-9,11,13H,3-7H2,1-2H3. The fourth-order valence-corrected chi connectivity index (χ4v) is 2.94. The molecule has 1 saturated carbocycles. The van der Waals surface area contributed by atoms with Crippen LogP contribution in [-0.2, 0) is 0 Å². The molecule has 1 aromatic rings. The minimum absolute atomic E-state index is 0.470. The molecule has 0 saturated heterocycles. The Hall–Kier alpha value is -0.410. The molecule has 15 heavy (non-hydrogen) atoms. The molecule has 2 nitrogen and oxygen atoms in total. The molecule has 0 radical (unpaired) electrons. The van der Waals surface area contributed by atoms with E-state index in [9.17, 15) is 0 Å². The van der Waals surface area contributed by atoms with Crippen molar-refractivity contribution in [1.29, 1.82) is 0 Å². The van der Waals surface area contributed by atoms with Gasteiger partial charge in [-0.3, -0.25) is 0 Å². The molecular formula is C12H20N2S. The molecule has 0 amide bonds. The van der Waals surface area contributed by atoms with Crippen molar-refractivity contribution in [1.82, 2.24) is 10.3 Å². The summed E-state index contributed by atoms with van der Waals surface area (Å²) in [7, 11) is 0. The molecule has 1 fully saturated rings. The van der Waals surface area contributed by atoms with E-state index >= 15 is 0 Å². The Morgan fingerprint density at radius 2 is 2.40 bits per heavy atom. The molecule has 0 aromatic carbocycles. The molecule has 1 atom stereocenters. The van der Waals surface area contributed by atoms with Gasteiger partial charge in [0.25, 0.3) is 0 Å². The monoisotopic (exact) mass is 224 g/mol. The molecule has 2 rings (SSSR count). The van der Waals surface area contributed by atoms with Crippen LogP contribution in [0, 0.1) is 12.8 Å². The summed E-state index contributed by atoms with van der Waals surface area (Å²) in [6.45, 7) is 5.49. The third-order valence-corrected chi connectivity index (χ3v) is 4.52. The first-order chi connectivity index (χ1) is 7.27. The number of hydrogen-bond acceptors (Lipinski definition) is 3. The molecule has 0 spiro atoms. The van der Waals surface area contributed by atoms with Gasteiger partial charge in [0.15, 0.2) is 0 Å². The molecule has 1 unspecified atom stereocenters. The Kier molecular flexibility index (Phi) is 3.76. The van der Waals surface area contributed by atoms with E-state index in [0.717, 1.165) is 12.5 Å². The van der Waals surface area contributed by atoms with Crippen molar-refractivity contribution in [3.05, 3.63) is 16.1 Å². The second kappa shape index (κ2) is 5.08. The van der Waals surface area contributed by atoms with Gasteiger partial charge in [-0.25, -0.2) is 4.98 Å². The summed E-state index contributed by atoms with van der Waals surface area (Å²) in [6, 6.07) is 0.470. The highest BCUT2D eigenvalue weighted by Gasteiger charge is 2.17. The highest BCUT2D eigenvalue weighted by atomic mass is 32.1. The van der Waals surface area contributed by atoms with Crippen molar-refractivity contribution in [2.75, 3.05) is 6.54 Å². The Balaban J connectivity index is 1.72. The van der Waals surface area contributed by atoms with Crippen molar-refractivity contribution < 1.29 is 0 Å². The van der Waals surface area contributed by atoms with Gasteiger partial charge in [0, 0.05) is 10.9 Å². The largest absolute Gasteiger partial charge is 0.309 e. The zero-order valence-electron chi connectivity index (χ0n) is 9.62. The predicted octanol–water partition coefficient (Wildman–Crippen LogP) is 3.29. The minimum atomic E-state index is 0.470. The summed E-state index contributed by atoms with van der Waals surface area (Å²) >= 11 is 1.76. The zero-order valence-corrected chi connectivity index (χ0v) is 10.4. The van der Waals surface area contributed by atoms with Gasteiger partial charge in [0.05, 0.1) is 11.2 Å². The van der Waals surface area contributed by atoms with Gasteiger partial charge in [-0.05, 0) is 32.7 Å². The van der Waals surface area contributed by atoms with Gasteiger partial charge in [-0.2, -0.15) is 0 Å². The van der Waals surface area contributed by atoms with E-state index in [1.165, 1.54) is 36.3 Å². The third kappa shape index (κ3) is 2.79. The van der Waals surface area contributed by atoms with Crippen LogP contribution in [0.1, 0.15) is 49.2 Å². The number of hydrogen-bond donors (Lipinski definition) is 1. The van der Waals surface area contributed by atoms with Crippen LogP contribution < -0.4 is 5.32 Å². The lowest BCUT2D eigenvalue weighted by molar-refractivity contribution is 0.289. The summed E-state index contributed by atoms with van der Waals surface area (Å²) in [5.41, 5.74) is 3.12. The predicted molar refractivity (Wildman–Crippen MR) is 65.2 cm³/mol. The fraction of sp³-hybridized carbons (Fsp3) is 0.750. The van der Waals surface area contributed by atoms with Crippen LogP contribution in [0.4, 0.5) is 0 Å². The van der Waals surface area contributed by atoms with Crippen LogP contribution in [-0.4, -0.2) is 11.5 Å². The summed E-state index contributed by atoms with van der Waals surface area (Å²) in [4.78, 5) is 5.68. The van der Waals surface area contributed by atoms with E-state index in [1.807, 2.05) is 5.51 Å². The van der Waals surface area contributed by atoms with Gasteiger partial charge in [-0.1, -0.05) is 19.3 Å². The zero-order chi connectivity index (χ0) is 10.7. The quantitative estimate of drug-likeness (QED) is 0.830. The average Bonchev–Trinajstić information content (AvgIpc) is 2.55. The van der Waals surface area contributed by atoms with Gasteiger partial charge < -0.3 is 5.32 Å².